The van der Waals surface area contributed by atoms with E-state index in [0.29, 0.717) is 18.1 Å². The Hall–Kier alpha value is -2.63. The first-order valence-electron chi connectivity index (χ1n) is 10.4. The number of imidazole rings is 1. The molecule has 0 bridgehead atoms. The zero-order chi connectivity index (χ0) is 19.3. The maximum Gasteiger partial charge on any atom is 0.287 e. The summed E-state index contributed by atoms with van der Waals surface area (Å²) >= 11 is 0. The fraction of sp³-hybridized carbons (Fsp3) is 0.500. The molecular weight excluding hydrogens is 352 g/mol. The minimum absolute atomic E-state index is 0.00808. The first kappa shape index (κ1) is 18.7. The standard InChI is InChI=1S/C22H28N4O2/c27-21(23-13-8-11-17-9-2-1-3-10-17)20-24-19(18-12-4-5-16-26(18)20)22(28)25-14-6-7-15-25/h1-3,9-10H,4-8,11-16H2,(H,23,27). The van der Waals surface area contributed by atoms with Crippen LogP contribution in [0.25, 0.3) is 0 Å². The highest BCUT2D eigenvalue weighted by Gasteiger charge is 2.30. The Kier molecular flexibility index (Phi) is 5.74. The fourth-order valence-electron chi connectivity index (χ4n) is 4.18. The number of carbonyl (C=O) groups is 2. The van der Waals surface area contributed by atoms with Crippen LogP contribution in [0.4, 0.5) is 0 Å². The number of hydrogen-bond donors (Lipinski definition) is 1. The summed E-state index contributed by atoms with van der Waals surface area (Å²) in [7, 11) is 0. The number of fused-ring (bicyclic) bond motifs is 1. The lowest BCUT2D eigenvalue weighted by Crippen LogP contribution is -2.29. The van der Waals surface area contributed by atoms with Crippen molar-refractivity contribution in [1.82, 2.24) is 19.8 Å². The van der Waals surface area contributed by atoms with Crippen molar-refractivity contribution in [3.05, 3.63) is 53.1 Å². The van der Waals surface area contributed by atoms with Gasteiger partial charge >= 0.3 is 0 Å². The monoisotopic (exact) mass is 380 g/mol. The van der Waals surface area contributed by atoms with Crippen LogP contribution in [-0.2, 0) is 19.4 Å². The van der Waals surface area contributed by atoms with E-state index in [1.165, 1.54) is 5.56 Å². The van der Waals surface area contributed by atoms with Gasteiger partial charge in [-0.15, -0.1) is 0 Å². The topological polar surface area (TPSA) is 67.2 Å². The molecule has 6 nitrogen and oxygen atoms in total. The molecule has 0 unspecified atom stereocenters. The molecule has 148 valence electrons. The highest BCUT2D eigenvalue weighted by Crippen LogP contribution is 2.23. The lowest BCUT2D eigenvalue weighted by atomic mass is 10.1. The number of amides is 2. The zero-order valence-electron chi connectivity index (χ0n) is 16.3. The second kappa shape index (κ2) is 8.59. The number of nitrogens with zero attached hydrogens (tertiary/aromatic N) is 3. The van der Waals surface area contributed by atoms with Gasteiger partial charge in [0.25, 0.3) is 11.8 Å². The molecule has 1 fully saturated rings. The van der Waals surface area contributed by atoms with Gasteiger partial charge in [-0.05, 0) is 50.5 Å². The minimum Gasteiger partial charge on any atom is -0.349 e. The molecule has 1 aromatic heterocycles. The molecule has 3 heterocycles. The van der Waals surface area contributed by atoms with Gasteiger partial charge in [-0.25, -0.2) is 4.98 Å². The quantitative estimate of drug-likeness (QED) is 0.784. The van der Waals surface area contributed by atoms with E-state index in [2.05, 4.69) is 22.4 Å². The van der Waals surface area contributed by atoms with Gasteiger partial charge < -0.3 is 14.8 Å². The molecular formula is C22H28N4O2. The van der Waals surface area contributed by atoms with Gasteiger partial charge in [0.2, 0.25) is 0 Å². The summed E-state index contributed by atoms with van der Waals surface area (Å²) in [5, 5.41) is 2.99. The number of nitrogens with one attached hydrogen (secondary N) is 1. The number of benzene rings is 1. The average Bonchev–Trinajstić information content (AvgIpc) is 3.40. The van der Waals surface area contributed by atoms with E-state index >= 15 is 0 Å². The van der Waals surface area contributed by atoms with E-state index < -0.39 is 0 Å². The SMILES string of the molecule is O=C(NCCCc1ccccc1)c1nc(C(=O)N2CCCC2)c2n1CCCC2. The van der Waals surface area contributed by atoms with Gasteiger partial charge in [0.1, 0.15) is 5.69 Å². The van der Waals surface area contributed by atoms with Crippen LogP contribution in [0.5, 0.6) is 0 Å². The molecule has 2 aliphatic heterocycles. The molecule has 2 aliphatic rings. The molecule has 0 radical (unpaired) electrons. The third-order valence-electron chi connectivity index (χ3n) is 5.69. The van der Waals surface area contributed by atoms with E-state index in [1.807, 2.05) is 27.7 Å². The van der Waals surface area contributed by atoms with Gasteiger partial charge in [-0.2, -0.15) is 0 Å². The van der Waals surface area contributed by atoms with Crippen molar-refractivity contribution in [2.45, 2.75) is 51.5 Å². The Morgan fingerprint density at radius 2 is 1.75 bits per heavy atom. The Bertz CT molecular complexity index is 838. The number of aromatic nitrogens is 2. The molecule has 6 heteroatoms. The summed E-state index contributed by atoms with van der Waals surface area (Å²) in [5.41, 5.74) is 2.71. The largest absolute Gasteiger partial charge is 0.349 e. The van der Waals surface area contributed by atoms with E-state index in [-0.39, 0.29) is 11.8 Å². The summed E-state index contributed by atoms with van der Waals surface area (Å²) in [5.74, 6) is 0.222. The molecule has 0 atom stereocenters. The zero-order valence-corrected chi connectivity index (χ0v) is 16.3. The van der Waals surface area contributed by atoms with Crippen LogP contribution in [0.2, 0.25) is 0 Å². The van der Waals surface area contributed by atoms with Gasteiger partial charge in [-0.1, -0.05) is 30.3 Å². The summed E-state index contributed by atoms with van der Waals surface area (Å²) in [6, 6.07) is 10.3. The lowest BCUT2D eigenvalue weighted by molar-refractivity contribution is 0.0786. The first-order chi connectivity index (χ1) is 13.7. The van der Waals surface area contributed by atoms with E-state index in [4.69, 9.17) is 0 Å². The van der Waals surface area contributed by atoms with Crippen molar-refractivity contribution in [2.24, 2.45) is 0 Å². The second-order valence-corrected chi connectivity index (χ2v) is 7.68. The molecule has 2 aromatic rings. The maximum absolute atomic E-state index is 12.9. The van der Waals surface area contributed by atoms with Crippen molar-refractivity contribution in [1.29, 1.82) is 0 Å². The highest BCUT2D eigenvalue weighted by atomic mass is 16.2. The molecule has 0 saturated carbocycles. The molecule has 0 aliphatic carbocycles. The van der Waals surface area contributed by atoms with Crippen LogP contribution in [0.3, 0.4) is 0 Å². The van der Waals surface area contributed by atoms with Crippen molar-refractivity contribution in [2.75, 3.05) is 19.6 Å². The van der Waals surface area contributed by atoms with Gasteiger partial charge in [-0.3, -0.25) is 9.59 Å². The van der Waals surface area contributed by atoms with Crippen LogP contribution >= 0.6 is 0 Å². The normalized spacial score (nSPS) is 16.1. The number of hydrogen-bond acceptors (Lipinski definition) is 3. The van der Waals surface area contributed by atoms with Gasteiger partial charge in [0.05, 0.1) is 5.69 Å². The van der Waals surface area contributed by atoms with Crippen LogP contribution in [0.1, 0.15) is 64.5 Å². The molecule has 2 amide bonds. The van der Waals surface area contributed by atoms with Crippen molar-refractivity contribution < 1.29 is 9.59 Å². The van der Waals surface area contributed by atoms with Crippen molar-refractivity contribution in [3.63, 3.8) is 0 Å². The summed E-state index contributed by atoms with van der Waals surface area (Å²) in [4.78, 5) is 32.1. The smallest absolute Gasteiger partial charge is 0.287 e. The van der Waals surface area contributed by atoms with E-state index in [0.717, 1.165) is 70.3 Å². The summed E-state index contributed by atoms with van der Waals surface area (Å²) in [6.45, 7) is 2.96. The molecule has 4 rings (SSSR count). The van der Waals surface area contributed by atoms with Crippen LogP contribution in [-0.4, -0.2) is 45.9 Å². The summed E-state index contributed by atoms with van der Waals surface area (Å²) in [6.07, 6.45) is 6.80. The Labute approximate surface area is 165 Å². The molecule has 1 saturated heterocycles. The first-order valence-corrected chi connectivity index (χ1v) is 10.4. The third kappa shape index (κ3) is 3.96. The summed E-state index contributed by atoms with van der Waals surface area (Å²) < 4.78 is 1.97. The second-order valence-electron chi connectivity index (χ2n) is 7.68. The van der Waals surface area contributed by atoms with Crippen molar-refractivity contribution in [3.8, 4) is 0 Å². The Balaban J connectivity index is 1.43. The predicted molar refractivity (Wildman–Crippen MR) is 107 cm³/mol. The number of carbonyl (C=O) groups excluding carboxylic acids is 2. The number of aryl methyl sites for hydroxylation is 1. The van der Waals surface area contributed by atoms with Crippen LogP contribution in [0, 0.1) is 0 Å². The van der Waals surface area contributed by atoms with Gasteiger partial charge in [0, 0.05) is 26.2 Å². The third-order valence-corrected chi connectivity index (χ3v) is 5.69. The predicted octanol–water partition coefficient (Wildman–Crippen LogP) is 2.82. The van der Waals surface area contributed by atoms with Crippen molar-refractivity contribution >= 4 is 11.8 Å². The lowest BCUT2D eigenvalue weighted by Gasteiger charge is -2.18. The molecule has 1 N–H and O–H groups in total. The molecule has 1 aromatic carbocycles. The maximum atomic E-state index is 12.9. The minimum atomic E-state index is -0.170. The number of likely N-dealkylation sites (tertiary alicyclic amines) is 1. The number of rotatable bonds is 6. The van der Waals surface area contributed by atoms with Gasteiger partial charge in [0.15, 0.2) is 5.82 Å². The Morgan fingerprint density at radius 3 is 2.54 bits per heavy atom. The average molecular weight is 380 g/mol. The van der Waals surface area contributed by atoms with Crippen LogP contribution < -0.4 is 5.32 Å². The molecule has 28 heavy (non-hydrogen) atoms. The highest BCUT2D eigenvalue weighted by molar-refractivity contribution is 5.97. The van der Waals surface area contributed by atoms with E-state index in [9.17, 15) is 9.59 Å². The fourth-order valence-corrected chi connectivity index (χ4v) is 4.18. The molecule has 0 spiro atoms. The van der Waals surface area contributed by atoms with E-state index in [1.54, 1.807) is 0 Å². The van der Waals surface area contributed by atoms with Crippen LogP contribution in [0.15, 0.2) is 30.3 Å². The Morgan fingerprint density at radius 1 is 1.00 bits per heavy atom.